The van der Waals surface area contributed by atoms with Crippen LogP contribution in [0.5, 0.6) is 5.75 Å². The number of thiocyanates is 1. The summed E-state index contributed by atoms with van der Waals surface area (Å²) >= 11 is 4.72. The molecule has 1 rings (SSSR count). The first-order valence-corrected chi connectivity index (χ1v) is 6.50. The zero-order chi connectivity index (χ0) is 10.9. The number of halogens is 1. The molecule has 0 saturated heterocycles. The van der Waals surface area contributed by atoms with E-state index in [1.165, 1.54) is 11.8 Å². The van der Waals surface area contributed by atoms with Gasteiger partial charge in [0.25, 0.3) is 0 Å². The smallest absolute Gasteiger partial charge is 0.133 e. The van der Waals surface area contributed by atoms with Gasteiger partial charge in [-0.1, -0.05) is 12.1 Å². The van der Waals surface area contributed by atoms with Gasteiger partial charge in [0.15, 0.2) is 0 Å². The molecular weight excluding hydrogens is 274 g/mol. The molecule has 0 radical (unpaired) electrons. The summed E-state index contributed by atoms with van der Waals surface area (Å²) in [5.74, 6) is 1.76. The highest BCUT2D eigenvalue weighted by Crippen LogP contribution is 2.23. The maximum absolute atomic E-state index is 8.31. The average Bonchev–Trinajstić information content (AvgIpc) is 2.25. The Balaban J connectivity index is 2.16. The minimum atomic E-state index is 0.703. The van der Waals surface area contributed by atoms with Crippen LogP contribution in [-0.2, 0) is 0 Å². The quantitative estimate of drug-likeness (QED) is 0.588. The van der Waals surface area contributed by atoms with Gasteiger partial charge >= 0.3 is 0 Å². The highest BCUT2D eigenvalue weighted by atomic mass is 79.9. The van der Waals surface area contributed by atoms with Crippen LogP contribution in [0.15, 0.2) is 28.7 Å². The molecule has 0 aliphatic heterocycles. The maximum atomic E-state index is 8.31. The fourth-order valence-electron chi connectivity index (χ4n) is 1.07. The molecule has 15 heavy (non-hydrogen) atoms. The molecule has 2 nitrogen and oxygen atoms in total. The van der Waals surface area contributed by atoms with E-state index in [4.69, 9.17) is 10.00 Å². The molecule has 1 aromatic rings. The molecule has 0 saturated carbocycles. The van der Waals surface area contributed by atoms with Gasteiger partial charge in [-0.15, -0.1) is 0 Å². The second kappa shape index (κ2) is 7.61. The number of thioether (sulfide) groups is 1. The molecule has 80 valence electrons. The molecule has 4 heteroatoms. The summed E-state index contributed by atoms with van der Waals surface area (Å²) in [6.07, 6.45) is 2.00. The zero-order valence-electron chi connectivity index (χ0n) is 8.28. The van der Waals surface area contributed by atoms with E-state index in [0.29, 0.717) is 6.61 Å². The largest absolute Gasteiger partial charge is 0.492 e. The molecule has 0 aromatic heterocycles. The lowest BCUT2D eigenvalue weighted by Gasteiger charge is -2.06. The second-order valence-corrected chi connectivity index (χ2v) is 4.66. The number of rotatable bonds is 6. The Bertz CT molecular complexity index is 338. The number of hydrogen-bond donors (Lipinski definition) is 0. The van der Waals surface area contributed by atoms with Crippen molar-refractivity contribution in [2.45, 2.75) is 12.8 Å². The highest BCUT2D eigenvalue weighted by Gasteiger charge is 1.98. The zero-order valence-corrected chi connectivity index (χ0v) is 10.7. The molecule has 0 fully saturated rings. The Kier molecular flexibility index (Phi) is 6.29. The van der Waals surface area contributed by atoms with E-state index in [1.807, 2.05) is 24.3 Å². The highest BCUT2D eigenvalue weighted by molar-refractivity contribution is 9.10. The summed E-state index contributed by atoms with van der Waals surface area (Å²) in [6, 6.07) is 7.81. The van der Waals surface area contributed by atoms with Gasteiger partial charge in [-0.2, -0.15) is 5.26 Å². The van der Waals surface area contributed by atoms with Gasteiger partial charge in [-0.05, 0) is 52.7 Å². The number of nitrogens with zero attached hydrogens (tertiary/aromatic N) is 1. The van der Waals surface area contributed by atoms with Crippen molar-refractivity contribution in [3.8, 4) is 11.2 Å². The number of ether oxygens (including phenoxy) is 1. The number of para-hydroxylation sites is 1. The molecule has 0 aliphatic carbocycles. The summed E-state index contributed by atoms with van der Waals surface area (Å²) in [6.45, 7) is 0.703. The molecule has 0 heterocycles. The van der Waals surface area contributed by atoms with Crippen molar-refractivity contribution in [2.24, 2.45) is 0 Å². The van der Waals surface area contributed by atoms with Gasteiger partial charge in [0.2, 0.25) is 0 Å². The predicted molar refractivity (Wildman–Crippen MR) is 66.9 cm³/mol. The van der Waals surface area contributed by atoms with Crippen molar-refractivity contribution in [1.29, 1.82) is 5.26 Å². The lowest BCUT2D eigenvalue weighted by Crippen LogP contribution is -1.98. The Morgan fingerprint density at radius 3 is 2.87 bits per heavy atom. The molecule has 0 amide bonds. The first-order valence-electron chi connectivity index (χ1n) is 4.73. The SMILES string of the molecule is N#CSCCCCOc1ccccc1Br. The third kappa shape index (κ3) is 5.10. The minimum absolute atomic E-state index is 0.703. The number of benzene rings is 1. The third-order valence-corrected chi connectivity index (χ3v) is 3.08. The first-order chi connectivity index (χ1) is 7.34. The number of hydrogen-bond acceptors (Lipinski definition) is 3. The van der Waals surface area contributed by atoms with Gasteiger partial charge in [0, 0.05) is 5.75 Å². The normalized spacial score (nSPS) is 9.60. The van der Waals surface area contributed by atoms with Crippen molar-refractivity contribution >= 4 is 27.7 Å². The summed E-state index contributed by atoms with van der Waals surface area (Å²) < 4.78 is 6.56. The van der Waals surface area contributed by atoms with Crippen molar-refractivity contribution in [3.05, 3.63) is 28.7 Å². The van der Waals surface area contributed by atoms with Crippen LogP contribution in [0.4, 0.5) is 0 Å². The van der Waals surface area contributed by atoms with Crippen molar-refractivity contribution in [1.82, 2.24) is 0 Å². The molecule has 0 atom stereocenters. The molecule has 0 spiro atoms. The van der Waals surface area contributed by atoms with E-state index in [-0.39, 0.29) is 0 Å². The third-order valence-electron chi connectivity index (χ3n) is 1.80. The van der Waals surface area contributed by atoms with Crippen LogP contribution in [0.3, 0.4) is 0 Å². The van der Waals surface area contributed by atoms with Gasteiger partial charge in [-0.25, -0.2) is 0 Å². The van der Waals surface area contributed by atoms with E-state index >= 15 is 0 Å². The van der Waals surface area contributed by atoms with Crippen LogP contribution in [0.25, 0.3) is 0 Å². The van der Waals surface area contributed by atoms with Gasteiger partial charge in [0.05, 0.1) is 11.1 Å². The molecular formula is C11H12BrNOS. The predicted octanol–water partition coefficient (Wildman–Crippen LogP) is 3.82. The van der Waals surface area contributed by atoms with Crippen molar-refractivity contribution in [2.75, 3.05) is 12.4 Å². The van der Waals surface area contributed by atoms with E-state index < -0.39 is 0 Å². The first kappa shape index (κ1) is 12.4. The lowest BCUT2D eigenvalue weighted by molar-refractivity contribution is 0.308. The fourth-order valence-corrected chi connectivity index (χ4v) is 1.90. The Labute approximate surface area is 103 Å². The molecule has 1 aromatic carbocycles. The van der Waals surface area contributed by atoms with Crippen LogP contribution in [0, 0.1) is 10.7 Å². The Morgan fingerprint density at radius 1 is 1.33 bits per heavy atom. The molecule has 0 aliphatic rings. The Hall–Kier alpha value is -0.660. The van der Waals surface area contributed by atoms with E-state index in [0.717, 1.165) is 28.8 Å². The van der Waals surface area contributed by atoms with Crippen LogP contribution in [0.2, 0.25) is 0 Å². The van der Waals surface area contributed by atoms with E-state index in [9.17, 15) is 0 Å². The summed E-state index contributed by atoms with van der Waals surface area (Å²) in [5.41, 5.74) is 0. The van der Waals surface area contributed by atoms with Crippen LogP contribution in [0.1, 0.15) is 12.8 Å². The van der Waals surface area contributed by atoms with E-state index in [2.05, 4.69) is 21.3 Å². The van der Waals surface area contributed by atoms with Crippen LogP contribution < -0.4 is 4.74 Å². The van der Waals surface area contributed by atoms with Crippen molar-refractivity contribution in [3.63, 3.8) is 0 Å². The van der Waals surface area contributed by atoms with Crippen molar-refractivity contribution < 1.29 is 4.74 Å². The lowest BCUT2D eigenvalue weighted by atomic mass is 10.3. The Morgan fingerprint density at radius 2 is 2.13 bits per heavy atom. The minimum Gasteiger partial charge on any atom is -0.492 e. The molecule has 0 N–H and O–H groups in total. The standard InChI is InChI=1S/C11H12BrNOS/c12-10-5-1-2-6-11(10)14-7-3-4-8-15-9-13/h1-2,5-6H,3-4,7-8H2. The maximum Gasteiger partial charge on any atom is 0.133 e. The fraction of sp³-hybridized carbons (Fsp3) is 0.364. The summed E-state index contributed by atoms with van der Waals surface area (Å²) in [7, 11) is 0. The summed E-state index contributed by atoms with van der Waals surface area (Å²) in [5, 5.41) is 10.4. The van der Waals surface area contributed by atoms with Gasteiger partial charge in [0.1, 0.15) is 11.2 Å². The van der Waals surface area contributed by atoms with E-state index in [1.54, 1.807) is 0 Å². The topological polar surface area (TPSA) is 33.0 Å². The average molecular weight is 286 g/mol. The molecule has 0 unspecified atom stereocenters. The van der Waals surface area contributed by atoms with Gasteiger partial charge < -0.3 is 4.74 Å². The monoisotopic (exact) mass is 285 g/mol. The molecule has 0 bridgehead atoms. The summed E-state index contributed by atoms with van der Waals surface area (Å²) in [4.78, 5) is 0. The van der Waals surface area contributed by atoms with Gasteiger partial charge in [-0.3, -0.25) is 0 Å². The van der Waals surface area contributed by atoms with Crippen LogP contribution in [-0.4, -0.2) is 12.4 Å². The van der Waals surface area contributed by atoms with Crippen LogP contribution >= 0.6 is 27.7 Å². The second-order valence-electron chi connectivity index (χ2n) is 2.93. The number of unbranched alkanes of at least 4 members (excludes halogenated alkanes) is 1. The number of nitriles is 1.